The largest absolute Gasteiger partial charge is 0.393 e. The van der Waals surface area contributed by atoms with Crippen LogP contribution in [-0.4, -0.2) is 203 Å². The predicted octanol–water partition coefficient (Wildman–Crippen LogP) is 3.11. The summed E-state index contributed by atoms with van der Waals surface area (Å²) in [4.78, 5) is 0. The fourth-order valence-electron chi connectivity index (χ4n) is 9.74. The molecule has 14 unspecified atom stereocenters. The smallest absolute Gasteiger partial charge is 0.178 e. The van der Waals surface area contributed by atoms with E-state index < -0.39 is 73.6 Å². The molecule has 18 heteroatoms. The average Bonchev–Trinajstić information content (AvgIpc) is 3.31. The van der Waals surface area contributed by atoms with Crippen LogP contribution in [0.3, 0.4) is 0 Å². The van der Waals surface area contributed by atoms with E-state index in [1.54, 1.807) is 6.92 Å². The average molecular weight is 999 g/mol. The molecular weight excluding hydrogens is 901 g/mol. The molecule has 18 nitrogen and oxygen atoms in total. The summed E-state index contributed by atoms with van der Waals surface area (Å²) < 4.78 is 47.0. The van der Waals surface area contributed by atoms with E-state index in [1.807, 2.05) is 20.8 Å². The van der Waals surface area contributed by atoms with Crippen molar-refractivity contribution in [2.24, 2.45) is 23.7 Å². The highest BCUT2D eigenvalue weighted by atomic mass is 16.6. The van der Waals surface area contributed by atoms with Crippen molar-refractivity contribution in [1.29, 1.82) is 0 Å². The number of aliphatic hydroxyl groups is 10. The van der Waals surface area contributed by atoms with E-state index in [0.717, 1.165) is 51.4 Å². The van der Waals surface area contributed by atoms with E-state index >= 15 is 0 Å². The Morgan fingerprint density at radius 3 is 1.07 bits per heavy atom. The molecule has 2 aliphatic carbocycles. The van der Waals surface area contributed by atoms with Gasteiger partial charge in [0.15, 0.2) is 12.6 Å². The maximum absolute atomic E-state index is 11.0. The minimum atomic E-state index is -1.19. The number of hydrogen-bond acceptors (Lipinski definition) is 18. The second-order valence-corrected chi connectivity index (χ2v) is 20.8. The van der Waals surface area contributed by atoms with E-state index in [4.69, 9.17) is 37.9 Å². The molecule has 6 rings (SSSR count). The second-order valence-electron chi connectivity index (χ2n) is 20.8. The zero-order valence-corrected chi connectivity index (χ0v) is 42.6. The molecular formula is C51H98O18. The summed E-state index contributed by atoms with van der Waals surface area (Å²) in [7, 11) is 0. The molecule has 6 aliphatic rings. The van der Waals surface area contributed by atoms with Crippen molar-refractivity contribution in [1.82, 2.24) is 0 Å². The normalized spacial score (nSPS) is 39.2. The second kappa shape index (κ2) is 36.3. The van der Waals surface area contributed by atoms with Gasteiger partial charge in [-0.25, -0.2) is 0 Å². The maximum atomic E-state index is 11.0. The topological polar surface area (TPSA) is 276 Å². The zero-order valence-electron chi connectivity index (χ0n) is 42.6. The Kier molecular flexibility index (Phi) is 32.9. The number of aliphatic hydroxyl groups excluding tert-OH is 10. The van der Waals surface area contributed by atoms with Crippen molar-refractivity contribution in [2.75, 3.05) is 66.1 Å². The lowest BCUT2D eigenvalue weighted by Gasteiger charge is -2.30. The van der Waals surface area contributed by atoms with Gasteiger partial charge in [-0.3, -0.25) is 0 Å². The lowest BCUT2D eigenvalue weighted by atomic mass is 9.83. The fraction of sp³-hybridized carbons (Fsp3) is 1.00. The lowest BCUT2D eigenvalue weighted by molar-refractivity contribution is -0.165. The summed E-state index contributed by atoms with van der Waals surface area (Å²) in [5.74, 6) is 1.18. The van der Waals surface area contributed by atoms with Gasteiger partial charge in [0.2, 0.25) is 0 Å². The van der Waals surface area contributed by atoms with Crippen molar-refractivity contribution in [3.05, 3.63) is 0 Å². The summed E-state index contributed by atoms with van der Waals surface area (Å²) in [6.07, 6.45) is -0.441. The van der Waals surface area contributed by atoms with Gasteiger partial charge < -0.3 is 89.0 Å². The monoisotopic (exact) mass is 999 g/mol. The highest BCUT2D eigenvalue weighted by Crippen LogP contribution is 2.31. The Hall–Kier alpha value is -0.720. The van der Waals surface area contributed by atoms with Crippen molar-refractivity contribution in [3.8, 4) is 0 Å². The Balaban J connectivity index is 1.55. The molecule has 0 aromatic carbocycles. The Morgan fingerprint density at radius 2 is 0.696 bits per heavy atom. The van der Waals surface area contributed by atoms with Gasteiger partial charge in [-0.05, 0) is 153 Å². The molecule has 69 heavy (non-hydrogen) atoms. The standard InChI is InChI=1S/C51H98O18/c1-5-39(53)19-49-23-43(57)18-41(55)21-47(7-3)66-32-50(60)68-26-37-12-8-35(9-13-37)24-62-28-44(58)30-64-46(6-2)20-40(54)17-42(56)22-48(16-34(4)52)65-31-45(59)29-63-25-36-10-14-38(15-11-36)27-69-51(61)33-67-49/h34-61H,5-33H2,1-4H3. The first-order valence-electron chi connectivity index (χ1n) is 26.7. The third-order valence-corrected chi connectivity index (χ3v) is 14.1. The highest BCUT2D eigenvalue weighted by Gasteiger charge is 2.28. The van der Waals surface area contributed by atoms with E-state index in [2.05, 4.69) is 0 Å². The predicted molar refractivity (Wildman–Crippen MR) is 257 cm³/mol. The first-order chi connectivity index (χ1) is 33.0. The molecule has 0 radical (unpaired) electrons. The molecule has 2 saturated carbocycles. The Morgan fingerprint density at radius 1 is 0.362 bits per heavy atom. The highest BCUT2D eigenvalue weighted by molar-refractivity contribution is 4.78. The van der Waals surface area contributed by atoms with Crippen LogP contribution in [0.1, 0.15) is 150 Å². The van der Waals surface area contributed by atoms with Crippen LogP contribution < -0.4 is 0 Å². The van der Waals surface area contributed by atoms with Gasteiger partial charge in [0.05, 0.1) is 114 Å². The minimum Gasteiger partial charge on any atom is -0.393 e. The molecule has 410 valence electrons. The van der Waals surface area contributed by atoms with Gasteiger partial charge in [-0.15, -0.1) is 0 Å². The molecule has 10 N–H and O–H groups in total. The summed E-state index contributed by atoms with van der Waals surface area (Å²) in [6, 6.07) is 0. The van der Waals surface area contributed by atoms with Crippen LogP contribution in [0.25, 0.3) is 0 Å². The van der Waals surface area contributed by atoms with E-state index in [0.29, 0.717) is 57.5 Å². The van der Waals surface area contributed by atoms with Crippen LogP contribution in [0.4, 0.5) is 0 Å². The molecule has 4 saturated heterocycles. The van der Waals surface area contributed by atoms with Gasteiger partial charge >= 0.3 is 0 Å². The molecule has 4 heterocycles. The molecule has 0 amide bonds. The Labute approximate surface area is 413 Å². The fourth-order valence-corrected chi connectivity index (χ4v) is 9.74. The van der Waals surface area contributed by atoms with Crippen molar-refractivity contribution < 1.29 is 89.0 Å². The van der Waals surface area contributed by atoms with Gasteiger partial charge in [0.1, 0.15) is 12.2 Å². The van der Waals surface area contributed by atoms with Crippen LogP contribution in [0, 0.1) is 23.7 Å². The first kappa shape index (κ1) is 62.6. The number of ether oxygens (including phenoxy) is 8. The molecule has 14 atom stereocenters. The van der Waals surface area contributed by atoms with Crippen LogP contribution in [0.15, 0.2) is 0 Å². The summed E-state index contributed by atoms with van der Waals surface area (Å²) in [5.41, 5.74) is 0. The van der Waals surface area contributed by atoms with Crippen molar-refractivity contribution >= 4 is 0 Å². The van der Waals surface area contributed by atoms with Gasteiger partial charge in [0, 0.05) is 13.2 Å². The van der Waals surface area contributed by atoms with Crippen LogP contribution in [0.5, 0.6) is 0 Å². The van der Waals surface area contributed by atoms with E-state index in [9.17, 15) is 51.1 Å². The van der Waals surface area contributed by atoms with Gasteiger partial charge in [-0.1, -0.05) is 20.8 Å². The minimum absolute atomic E-state index is 0.0399. The van der Waals surface area contributed by atoms with Gasteiger partial charge in [-0.2, -0.15) is 0 Å². The first-order valence-corrected chi connectivity index (χ1v) is 26.7. The van der Waals surface area contributed by atoms with E-state index in [-0.39, 0.29) is 115 Å². The van der Waals surface area contributed by atoms with Gasteiger partial charge in [0.25, 0.3) is 0 Å². The van der Waals surface area contributed by atoms with Crippen molar-refractivity contribution in [3.63, 3.8) is 0 Å². The van der Waals surface area contributed by atoms with Crippen molar-refractivity contribution in [2.45, 2.75) is 236 Å². The summed E-state index contributed by atoms with van der Waals surface area (Å²) >= 11 is 0. The SMILES string of the molecule is CCC(O)CC1CC(O)CC(O)CC(CC)OCC(O)OCC2CCC(CC2)COCC(O)COC(CC)CC(O)CC(O)CC(CC(C)O)OCC(O)COCC2CCC(CC2)COC(O)CO1. The summed E-state index contributed by atoms with van der Waals surface area (Å²) in [5, 5.41) is 107. The molecule has 4 bridgehead atoms. The third-order valence-electron chi connectivity index (χ3n) is 14.1. The number of rotatable bonds is 7. The molecule has 4 aliphatic heterocycles. The van der Waals surface area contributed by atoms with Crippen LogP contribution in [0.2, 0.25) is 0 Å². The maximum Gasteiger partial charge on any atom is 0.178 e. The summed E-state index contributed by atoms with van der Waals surface area (Å²) in [6.45, 7) is 9.10. The molecule has 6 fully saturated rings. The molecule has 0 spiro atoms. The lowest BCUT2D eigenvalue weighted by Crippen LogP contribution is -2.33. The zero-order chi connectivity index (χ0) is 50.6. The quantitative estimate of drug-likeness (QED) is 0.176. The molecule has 0 aromatic heterocycles. The molecule has 0 aromatic rings. The van der Waals surface area contributed by atoms with Crippen LogP contribution >= 0.6 is 0 Å². The third kappa shape index (κ3) is 29.1. The number of hydrogen-bond donors (Lipinski definition) is 10. The Bertz CT molecular complexity index is 1220. The van der Waals surface area contributed by atoms with Crippen LogP contribution in [-0.2, 0) is 37.9 Å². The van der Waals surface area contributed by atoms with E-state index in [1.165, 1.54) is 0 Å².